The van der Waals surface area contributed by atoms with E-state index in [1.807, 2.05) is 13.0 Å². The van der Waals surface area contributed by atoms with Crippen molar-refractivity contribution in [1.82, 2.24) is 4.37 Å². The third-order valence-electron chi connectivity index (χ3n) is 3.52. The van der Waals surface area contributed by atoms with Crippen molar-refractivity contribution in [3.05, 3.63) is 39.5 Å². The van der Waals surface area contributed by atoms with Crippen LogP contribution in [0.25, 0.3) is 0 Å². The van der Waals surface area contributed by atoms with Crippen LogP contribution in [-0.4, -0.2) is 21.9 Å². The normalized spacial score (nSPS) is 18.5. The van der Waals surface area contributed by atoms with Crippen LogP contribution in [0.2, 0.25) is 10.0 Å². The van der Waals surface area contributed by atoms with Gasteiger partial charge in [-0.05, 0) is 36.7 Å². The number of anilines is 1. The van der Waals surface area contributed by atoms with Crippen LogP contribution in [0.3, 0.4) is 0 Å². The summed E-state index contributed by atoms with van der Waals surface area (Å²) in [6.07, 6.45) is 0.296. The fourth-order valence-electron chi connectivity index (χ4n) is 2.54. The molecule has 3 rings (SSSR count). The number of aromatic hydroxyl groups is 1. The van der Waals surface area contributed by atoms with Gasteiger partial charge in [-0.15, -0.1) is 0 Å². The molecule has 1 atom stereocenters. The molecule has 1 amide bonds. The SMILES string of the molecule is Cc1cc(N2CC(c3c(O)ccc(Cl)c3Cl)CC2=O)sn1. The molecular weight excluding hydrogens is 331 g/mol. The number of rotatable bonds is 2. The van der Waals surface area contributed by atoms with Gasteiger partial charge in [0.25, 0.3) is 0 Å². The van der Waals surface area contributed by atoms with E-state index in [1.54, 1.807) is 11.0 Å². The first kappa shape index (κ1) is 14.6. The third-order valence-corrected chi connectivity index (χ3v) is 5.25. The molecule has 0 aliphatic carbocycles. The molecule has 0 bridgehead atoms. The number of hydrogen-bond acceptors (Lipinski definition) is 4. The fraction of sp³-hybridized carbons (Fsp3) is 0.286. The highest BCUT2D eigenvalue weighted by Gasteiger charge is 2.35. The Labute approximate surface area is 136 Å². The van der Waals surface area contributed by atoms with Gasteiger partial charge >= 0.3 is 0 Å². The molecule has 2 heterocycles. The predicted molar refractivity (Wildman–Crippen MR) is 84.7 cm³/mol. The van der Waals surface area contributed by atoms with Gasteiger partial charge in [0.2, 0.25) is 5.91 Å². The molecule has 1 aromatic carbocycles. The van der Waals surface area contributed by atoms with E-state index in [0.29, 0.717) is 28.6 Å². The minimum absolute atomic E-state index is 0.000841. The molecule has 1 aliphatic heterocycles. The summed E-state index contributed by atoms with van der Waals surface area (Å²) in [6.45, 7) is 2.35. The summed E-state index contributed by atoms with van der Waals surface area (Å²) in [5, 5.41) is 11.6. The minimum atomic E-state index is -0.175. The average molecular weight is 343 g/mol. The number of aryl methyl sites for hydroxylation is 1. The van der Waals surface area contributed by atoms with E-state index in [1.165, 1.54) is 17.6 Å². The number of carbonyl (C=O) groups is 1. The van der Waals surface area contributed by atoms with Gasteiger partial charge in [0, 0.05) is 24.4 Å². The zero-order valence-corrected chi connectivity index (χ0v) is 13.5. The Morgan fingerprint density at radius 3 is 2.86 bits per heavy atom. The van der Waals surface area contributed by atoms with E-state index in [-0.39, 0.29) is 17.6 Å². The lowest BCUT2D eigenvalue weighted by atomic mass is 9.97. The minimum Gasteiger partial charge on any atom is -0.508 e. The quantitative estimate of drug-likeness (QED) is 0.897. The van der Waals surface area contributed by atoms with E-state index in [4.69, 9.17) is 23.2 Å². The first-order valence-electron chi connectivity index (χ1n) is 6.38. The van der Waals surface area contributed by atoms with E-state index < -0.39 is 0 Å². The van der Waals surface area contributed by atoms with Crippen LogP contribution < -0.4 is 4.90 Å². The van der Waals surface area contributed by atoms with Crippen LogP contribution in [0, 0.1) is 6.92 Å². The van der Waals surface area contributed by atoms with Crippen molar-refractivity contribution in [1.29, 1.82) is 0 Å². The number of benzene rings is 1. The number of halogens is 2. The number of aromatic nitrogens is 1. The number of amides is 1. The monoisotopic (exact) mass is 342 g/mol. The van der Waals surface area contributed by atoms with Crippen molar-refractivity contribution in [3.63, 3.8) is 0 Å². The van der Waals surface area contributed by atoms with Gasteiger partial charge in [-0.2, -0.15) is 4.37 Å². The number of hydrogen-bond donors (Lipinski definition) is 1. The molecule has 4 nitrogen and oxygen atoms in total. The van der Waals surface area contributed by atoms with Crippen molar-refractivity contribution in [2.24, 2.45) is 0 Å². The first-order chi connectivity index (χ1) is 9.97. The summed E-state index contributed by atoms with van der Waals surface area (Å²) in [5.41, 5.74) is 1.43. The Morgan fingerprint density at radius 2 is 2.19 bits per heavy atom. The summed E-state index contributed by atoms with van der Waals surface area (Å²) >= 11 is 13.5. The largest absolute Gasteiger partial charge is 0.508 e. The molecule has 0 radical (unpaired) electrons. The maximum absolute atomic E-state index is 12.2. The molecule has 2 aromatic rings. The average Bonchev–Trinajstić information content (AvgIpc) is 3.01. The van der Waals surface area contributed by atoms with Crippen LogP contribution in [0.1, 0.15) is 23.6 Å². The first-order valence-corrected chi connectivity index (χ1v) is 7.91. The molecule has 1 unspecified atom stereocenters. The second-order valence-electron chi connectivity index (χ2n) is 5.01. The zero-order valence-electron chi connectivity index (χ0n) is 11.1. The van der Waals surface area contributed by atoms with Crippen LogP contribution in [0.15, 0.2) is 18.2 Å². The second-order valence-corrected chi connectivity index (χ2v) is 6.57. The van der Waals surface area contributed by atoms with Gasteiger partial charge in [0.1, 0.15) is 10.8 Å². The number of nitrogens with zero attached hydrogens (tertiary/aromatic N) is 2. The number of carbonyl (C=O) groups excluding carboxylic acids is 1. The Balaban J connectivity index is 1.93. The molecule has 110 valence electrons. The lowest BCUT2D eigenvalue weighted by molar-refractivity contribution is -0.117. The predicted octanol–water partition coefficient (Wildman–Crippen LogP) is 3.98. The standard InChI is InChI=1S/C14H12Cl2N2O2S/c1-7-4-12(21-17-7)18-6-8(5-11(18)20)13-10(19)3-2-9(15)14(13)16/h2-4,8,19H,5-6H2,1H3. The van der Waals surface area contributed by atoms with E-state index >= 15 is 0 Å². The maximum atomic E-state index is 12.2. The molecule has 1 aliphatic rings. The highest BCUT2D eigenvalue weighted by Crippen LogP contribution is 2.42. The van der Waals surface area contributed by atoms with Gasteiger partial charge in [-0.25, -0.2) is 0 Å². The highest BCUT2D eigenvalue weighted by molar-refractivity contribution is 7.10. The summed E-state index contributed by atoms with van der Waals surface area (Å²) in [4.78, 5) is 13.9. The molecule has 0 spiro atoms. The van der Waals surface area contributed by atoms with Crippen molar-refractivity contribution in [2.45, 2.75) is 19.3 Å². The fourth-order valence-corrected chi connectivity index (χ4v) is 3.80. The maximum Gasteiger partial charge on any atom is 0.228 e. The van der Waals surface area contributed by atoms with Gasteiger partial charge < -0.3 is 10.0 Å². The van der Waals surface area contributed by atoms with Gasteiger partial charge in [0.15, 0.2) is 0 Å². The van der Waals surface area contributed by atoms with Crippen molar-refractivity contribution in [2.75, 3.05) is 11.4 Å². The molecule has 1 fully saturated rings. The molecule has 1 N–H and O–H groups in total. The zero-order chi connectivity index (χ0) is 15.1. The summed E-state index contributed by atoms with van der Waals surface area (Å²) < 4.78 is 4.19. The summed E-state index contributed by atoms with van der Waals surface area (Å²) in [7, 11) is 0. The molecular formula is C14H12Cl2N2O2S. The Morgan fingerprint density at radius 1 is 1.43 bits per heavy atom. The lowest BCUT2D eigenvalue weighted by Gasteiger charge is -2.16. The van der Waals surface area contributed by atoms with Gasteiger partial charge in [0.05, 0.1) is 15.7 Å². The molecule has 1 saturated heterocycles. The Bertz CT molecular complexity index is 717. The number of phenols is 1. The second kappa shape index (κ2) is 5.48. The molecule has 0 saturated carbocycles. The van der Waals surface area contributed by atoms with Crippen molar-refractivity contribution < 1.29 is 9.90 Å². The van der Waals surface area contributed by atoms with Crippen molar-refractivity contribution in [3.8, 4) is 5.75 Å². The van der Waals surface area contributed by atoms with Gasteiger partial charge in [-0.3, -0.25) is 4.79 Å². The molecule has 1 aromatic heterocycles. The lowest BCUT2D eigenvalue weighted by Crippen LogP contribution is -2.23. The molecule has 7 heteroatoms. The van der Waals surface area contributed by atoms with E-state index in [0.717, 1.165) is 10.7 Å². The Hall–Kier alpha value is -1.30. The van der Waals surface area contributed by atoms with Crippen molar-refractivity contribution >= 4 is 45.6 Å². The number of phenolic OH excluding ortho intramolecular Hbond substituents is 1. The summed E-state index contributed by atoms with van der Waals surface area (Å²) in [6, 6.07) is 4.93. The highest BCUT2D eigenvalue weighted by atomic mass is 35.5. The smallest absolute Gasteiger partial charge is 0.228 e. The Kier molecular flexibility index (Phi) is 3.82. The third kappa shape index (κ3) is 2.61. The van der Waals surface area contributed by atoms with Gasteiger partial charge in [-0.1, -0.05) is 23.2 Å². The van der Waals surface area contributed by atoms with Crippen LogP contribution >= 0.6 is 34.7 Å². The van der Waals surface area contributed by atoms with Crippen LogP contribution in [0.4, 0.5) is 5.00 Å². The molecule has 21 heavy (non-hydrogen) atoms. The van der Waals surface area contributed by atoms with Crippen LogP contribution in [-0.2, 0) is 4.79 Å². The van der Waals surface area contributed by atoms with E-state index in [9.17, 15) is 9.90 Å². The van der Waals surface area contributed by atoms with Crippen LogP contribution in [0.5, 0.6) is 5.75 Å². The topological polar surface area (TPSA) is 53.4 Å². The van der Waals surface area contributed by atoms with E-state index in [2.05, 4.69) is 4.37 Å². The summed E-state index contributed by atoms with van der Waals surface area (Å²) in [5.74, 6) is -0.102.